The van der Waals surface area contributed by atoms with Gasteiger partial charge in [-0.1, -0.05) is 42.5 Å². The molecule has 2 aromatic carbocycles. The molecule has 0 spiro atoms. The predicted octanol–water partition coefficient (Wildman–Crippen LogP) is 3.16. The summed E-state index contributed by atoms with van der Waals surface area (Å²) >= 11 is 0. The number of hydrogen-bond donors (Lipinski definition) is 1. The van der Waals surface area contributed by atoms with E-state index < -0.39 is 12.5 Å². The maximum Gasteiger partial charge on any atom is 0.573 e. The van der Waals surface area contributed by atoms with E-state index in [2.05, 4.69) is 15.0 Å². The average Bonchev–Trinajstić information content (AvgIpc) is 2.77. The van der Waals surface area contributed by atoms with Gasteiger partial charge in [-0.2, -0.15) is 0 Å². The molecular formula is C22H24F3N3O4. The van der Waals surface area contributed by atoms with E-state index in [1.807, 2.05) is 30.3 Å². The van der Waals surface area contributed by atoms with E-state index in [4.69, 9.17) is 4.74 Å². The first-order chi connectivity index (χ1) is 15.3. The summed E-state index contributed by atoms with van der Waals surface area (Å²) in [6.07, 6.45) is -5.36. The molecular weight excluding hydrogens is 427 g/mol. The van der Waals surface area contributed by atoms with Crippen LogP contribution in [0.25, 0.3) is 0 Å². The fourth-order valence-electron chi connectivity index (χ4n) is 3.24. The first kappa shape index (κ1) is 23.4. The topological polar surface area (TPSA) is 71.1 Å². The summed E-state index contributed by atoms with van der Waals surface area (Å²) in [6.45, 7) is 2.76. The Labute approximate surface area is 183 Å². The van der Waals surface area contributed by atoms with Crippen LogP contribution >= 0.6 is 0 Å². The van der Waals surface area contributed by atoms with Gasteiger partial charge in [-0.25, -0.2) is 4.79 Å². The highest BCUT2D eigenvalue weighted by atomic mass is 19.4. The zero-order chi connectivity index (χ0) is 23.0. The molecule has 1 aliphatic rings. The highest BCUT2D eigenvalue weighted by molar-refractivity contribution is 5.82. The zero-order valence-corrected chi connectivity index (χ0v) is 17.3. The number of rotatable bonds is 7. The minimum absolute atomic E-state index is 0.128. The molecule has 1 fully saturated rings. The van der Waals surface area contributed by atoms with Crippen molar-refractivity contribution in [3.05, 3.63) is 65.7 Å². The van der Waals surface area contributed by atoms with Crippen LogP contribution in [0.2, 0.25) is 0 Å². The van der Waals surface area contributed by atoms with E-state index in [1.165, 1.54) is 12.1 Å². The SMILES string of the molecule is O=C(NCC(=O)N1CCN(Cc2ccc(OC(F)(F)F)cc2)CC1)OCc1ccccc1. The number of alkyl carbamates (subject to hydrolysis) is 1. The van der Waals surface area contributed by atoms with Crippen LogP contribution in [-0.4, -0.2) is 60.9 Å². The maximum atomic E-state index is 12.3. The van der Waals surface area contributed by atoms with Crippen molar-refractivity contribution in [1.29, 1.82) is 0 Å². The molecule has 0 aliphatic carbocycles. The van der Waals surface area contributed by atoms with Crippen LogP contribution in [0.4, 0.5) is 18.0 Å². The number of nitrogens with zero attached hydrogens (tertiary/aromatic N) is 2. The minimum Gasteiger partial charge on any atom is -0.445 e. The lowest BCUT2D eigenvalue weighted by Gasteiger charge is -2.34. The second-order valence-corrected chi connectivity index (χ2v) is 7.26. The van der Waals surface area contributed by atoms with Gasteiger partial charge in [0.15, 0.2) is 0 Å². The molecule has 0 bridgehead atoms. The van der Waals surface area contributed by atoms with Crippen molar-refractivity contribution in [1.82, 2.24) is 15.1 Å². The molecule has 1 aliphatic heterocycles. The van der Waals surface area contributed by atoms with Gasteiger partial charge in [0, 0.05) is 32.7 Å². The lowest BCUT2D eigenvalue weighted by molar-refractivity contribution is -0.274. The third kappa shape index (κ3) is 7.77. The molecule has 32 heavy (non-hydrogen) atoms. The smallest absolute Gasteiger partial charge is 0.445 e. The highest BCUT2D eigenvalue weighted by Crippen LogP contribution is 2.23. The van der Waals surface area contributed by atoms with Gasteiger partial charge in [0.1, 0.15) is 18.9 Å². The van der Waals surface area contributed by atoms with Crippen molar-refractivity contribution in [2.75, 3.05) is 32.7 Å². The van der Waals surface area contributed by atoms with Gasteiger partial charge in [-0.15, -0.1) is 13.2 Å². The van der Waals surface area contributed by atoms with E-state index in [0.717, 1.165) is 11.1 Å². The molecule has 1 heterocycles. The second-order valence-electron chi connectivity index (χ2n) is 7.26. The lowest BCUT2D eigenvalue weighted by atomic mass is 10.2. The van der Waals surface area contributed by atoms with E-state index in [9.17, 15) is 22.8 Å². The molecule has 0 unspecified atom stereocenters. The molecule has 172 valence electrons. The van der Waals surface area contributed by atoms with E-state index in [-0.39, 0.29) is 24.8 Å². The largest absolute Gasteiger partial charge is 0.573 e. The minimum atomic E-state index is -4.71. The standard InChI is InChI=1S/C22H24F3N3O4/c23-22(24,25)32-19-8-6-17(7-9-19)15-27-10-12-28(13-11-27)20(29)14-26-21(30)31-16-18-4-2-1-3-5-18/h1-9H,10-16H2,(H,26,30). The normalized spacial score (nSPS) is 14.7. The first-order valence-corrected chi connectivity index (χ1v) is 10.1. The first-order valence-electron chi connectivity index (χ1n) is 10.1. The number of carbonyl (C=O) groups is 2. The van der Waals surface area contributed by atoms with Crippen molar-refractivity contribution in [2.45, 2.75) is 19.5 Å². The molecule has 7 nitrogen and oxygen atoms in total. The summed E-state index contributed by atoms with van der Waals surface area (Å²) in [4.78, 5) is 27.9. The Kier molecular flexibility index (Phi) is 7.93. The van der Waals surface area contributed by atoms with Crippen LogP contribution in [-0.2, 0) is 22.7 Å². The molecule has 3 rings (SSSR count). The lowest BCUT2D eigenvalue weighted by Crippen LogP contribution is -2.50. The third-order valence-electron chi connectivity index (χ3n) is 4.88. The van der Waals surface area contributed by atoms with Crippen molar-refractivity contribution in [2.24, 2.45) is 0 Å². The number of piperazine rings is 1. The Hall–Kier alpha value is -3.27. The van der Waals surface area contributed by atoms with Crippen molar-refractivity contribution >= 4 is 12.0 Å². The van der Waals surface area contributed by atoms with Crippen LogP contribution in [0.5, 0.6) is 5.75 Å². The summed E-state index contributed by atoms with van der Waals surface area (Å²) in [5.74, 6) is -0.457. The fourth-order valence-corrected chi connectivity index (χ4v) is 3.24. The van der Waals surface area contributed by atoms with Crippen LogP contribution < -0.4 is 10.1 Å². The van der Waals surface area contributed by atoms with E-state index in [0.29, 0.717) is 32.7 Å². The Balaban J connectivity index is 1.35. The van der Waals surface area contributed by atoms with Gasteiger partial charge >= 0.3 is 12.5 Å². The second kappa shape index (κ2) is 10.9. The Morgan fingerprint density at radius 3 is 2.19 bits per heavy atom. The van der Waals surface area contributed by atoms with E-state index >= 15 is 0 Å². The van der Waals surface area contributed by atoms with Gasteiger partial charge in [-0.3, -0.25) is 9.69 Å². The number of hydrogen-bond acceptors (Lipinski definition) is 5. The molecule has 2 aromatic rings. The summed E-state index contributed by atoms with van der Waals surface area (Å²) < 4.78 is 45.6. The van der Waals surface area contributed by atoms with Crippen LogP contribution in [0.1, 0.15) is 11.1 Å². The van der Waals surface area contributed by atoms with Crippen molar-refractivity contribution in [3.8, 4) is 5.75 Å². The highest BCUT2D eigenvalue weighted by Gasteiger charge is 2.31. The van der Waals surface area contributed by atoms with Gasteiger partial charge in [0.25, 0.3) is 0 Å². The molecule has 0 atom stereocenters. The number of halogens is 3. The molecule has 2 amide bonds. The monoisotopic (exact) mass is 451 g/mol. The average molecular weight is 451 g/mol. The number of ether oxygens (including phenoxy) is 2. The summed E-state index contributed by atoms with van der Waals surface area (Å²) in [7, 11) is 0. The Morgan fingerprint density at radius 1 is 0.906 bits per heavy atom. The van der Waals surface area contributed by atoms with Gasteiger partial charge in [-0.05, 0) is 23.3 Å². The number of nitrogens with one attached hydrogen (secondary N) is 1. The predicted molar refractivity (Wildman–Crippen MR) is 110 cm³/mol. The molecule has 0 aromatic heterocycles. The van der Waals surface area contributed by atoms with Crippen molar-refractivity contribution < 1.29 is 32.2 Å². The fraction of sp³-hybridized carbons (Fsp3) is 0.364. The van der Waals surface area contributed by atoms with Gasteiger partial charge in [0.05, 0.1) is 0 Å². The quantitative estimate of drug-likeness (QED) is 0.701. The molecule has 0 radical (unpaired) electrons. The maximum absolute atomic E-state index is 12.3. The number of benzene rings is 2. The summed E-state index contributed by atoms with van der Waals surface area (Å²) in [5.41, 5.74) is 1.70. The van der Waals surface area contributed by atoms with Crippen LogP contribution in [0, 0.1) is 0 Å². The molecule has 0 saturated carbocycles. The number of carbonyl (C=O) groups excluding carboxylic acids is 2. The Bertz CT molecular complexity index is 884. The van der Waals surface area contributed by atoms with Gasteiger partial charge in [0.2, 0.25) is 5.91 Å². The molecule has 1 saturated heterocycles. The summed E-state index contributed by atoms with van der Waals surface area (Å²) in [6, 6.07) is 15.0. The van der Waals surface area contributed by atoms with Crippen molar-refractivity contribution in [3.63, 3.8) is 0 Å². The van der Waals surface area contributed by atoms with Crippen LogP contribution in [0.15, 0.2) is 54.6 Å². The number of amides is 2. The van der Waals surface area contributed by atoms with Gasteiger partial charge < -0.3 is 19.7 Å². The molecule has 10 heteroatoms. The molecule has 1 N–H and O–H groups in total. The Morgan fingerprint density at radius 2 is 1.56 bits per heavy atom. The number of alkyl halides is 3. The van der Waals surface area contributed by atoms with Crippen LogP contribution in [0.3, 0.4) is 0 Å². The third-order valence-corrected chi connectivity index (χ3v) is 4.88. The summed E-state index contributed by atoms with van der Waals surface area (Å²) in [5, 5.41) is 2.46. The zero-order valence-electron chi connectivity index (χ0n) is 17.3. The van der Waals surface area contributed by atoms with E-state index in [1.54, 1.807) is 17.0 Å².